The molecule has 7 nitrogen and oxygen atoms in total. The predicted molar refractivity (Wildman–Crippen MR) is 130 cm³/mol. The van der Waals surface area contributed by atoms with Crippen molar-refractivity contribution < 1.29 is 18.8 Å². The van der Waals surface area contributed by atoms with E-state index < -0.39 is 5.97 Å². The van der Waals surface area contributed by atoms with Crippen molar-refractivity contribution in [1.29, 1.82) is 0 Å². The van der Waals surface area contributed by atoms with Gasteiger partial charge >= 0.3 is 5.97 Å². The Labute approximate surface area is 201 Å². The van der Waals surface area contributed by atoms with Crippen LogP contribution in [0.2, 0.25) is 5.02 Å². The third-order valence-corrected chi connectivity index (χ3v) is 6.12. The standard InChI is InChI=1S/C26H22ClN3O4/c27-20-7-4-8-21(16-20)29-11-13-30(14-12-29)24(31)17-33-26(32)19-9-10-23-22(15-19)25(34-28-23)18-5-2-1-3-6-18/h1-10,15-16H,11-14,17H2. The van der Waals surface area contributed by atoms with Gasteiger partial charge in [0.05, 0.1) is 10.9 Å². The van der Waals surface area contributed by atoms with Crippen molar-refractivity contribution >= 4 is 40.1 Å². The highest BCUT2D eigenvalue weighted by Gasteiger charge is 2.23. The summed E-state index contributed by atoms with van der Waals surface area (Å²) >= 11 is 6.08. The van der Waals surface area contributed by atoms with Gasteiger partial charge in [0.2, 0.25) is 0 Å². The number of rotatable bonds is 5. The van der Waals surface area contributed by atoms with E-state index in [0.717, 1.165) is 11.3 Å². The molecule has 1 saturated heterocycles. The molecule has 1 aliphatic rings. The maximum absolute atomic E-state index is 12.6. The van der Waals surface area contributed by atoms with Gasteiger partial charge in [-0.25, -0.2) is 4.79 Å². The fourth-order valence-electron chi connectivity index (χ4n) is 4.05. The number of piperazine rings is 1. The van der Waals surface area contributed by atoms with Gasteiger partial charge in [0.1, 0.15) is 5.52 Å². The topological polar surface area (TPSA) is 75.9 Å². The molecular weight excluding hydrogens is 454 g/mol. The van der Waals surface area contributed by atoms with Gasteiger partial charge in [-0.1, -0.05) is 53.2 Å². The lowest BCUT2D eigenvalue weighted by atomic mass is 10.1. The molecule has 0 bridgehead atoms. The van der Waals surface area contributed by atoms with Crippen LogP contribution in [0, 0.1) is 0 Å². The van der Waals surface area contributed by atoms with Crippen LogP contribution in [-0.2, 0) is 9.53 Å². The Morgan fingerprint density at radius 2 is 1.74 bits per heavy atom. The summed E-state index contributed by atoms with van der Waals surface area (Å²) in [6.07, 6.45) is 0. The minimum atomic E-state index is -0.562. The molecule has 0 aliphatic carbocycles. The van der Waals surface area contributed by atoms with Gasteiger partial charge in [-0.15, -0.1) is 0 Å². The minimum Gasteiger partial charge on any atom is -0.452 e. The molecule has 0 radical (unpaired) electrons. The van der Waals surface area contributed by atoms with Crippen molar-refractivity contribution in [3.8, 4) is 11.3 Å². The Bertz CT molecular complexity index is 1330. The van der Waals surface area contributed by atoms with Crippen molar-refractivity contribution in [1.82, 2.24) is 10.1 Å². The van der Waals surface area contributed by atoms with Crippen LogP contribution in [0.15, 0.2) is 77.3 Å². The Kier molecular flexibility index (Phi) is 6.18. The minimum absolute atomic E-state index is 0.213. The molecule has 2 heterocycles. The first-order valence-electron chi connectivity index (χ1n) is 11.0. The van der Waals surface area contributed by atoms with Gasteiger partial charge < -0.3 is 19.1 Å². The third-order valence-electron chi connectivity index (χ3n) is 5.88. The van der Waals surface area contributed by atoms with Gasteiger partial charge in [0.25, 0.3) is 5.91 Å². The number of carbonyl (C=O) groups is 2. The number of halogens is 1. The van der Waals surface area contributed by atoms with Crippen molar-refractivity contribution in [2.45, 2.75) is 0 Å². The Hall–Kier alpha value is -3.84. The van der Waals surface area contributed by atoms with Crippen molar-refractivity contribution in [2.24, 2.45) is 0 Å². The zero-order chi connectivity index (χ0) is 23.5. The molecule has 1 aromatic heterocycles. The molecule has 0 unspecified atom stereocenters. The molecule has 8 heteroatoms. The Morgan fingerprint density at radius 3 is 2.50 bits per heavy atom. The molecule has 1 amide bonds. The molecule has 172 valence electrons. The summed E-state index contributed by atoms with van der Waals surface area (Å²) in [6.45, 7) is 2.17. The maximum atomic E-state index is 12.6. The van der Waals surface area contributed by atoms with E-state index in [1.165, 1.54) is 0 Å². The second-order valence-corrected chi connectivity index (χ2v) is 8.47. The van der Waals surface area contributed by atoms with Crippen LogP contribution in [0.25, 0.3) is 22.2 Å². The largest absolute Gasteiger partial charge is 0.452 e. The molecule has 4 aromatic rings. The lowest BCUT2D eigenvalue weighted by molar-refractivity contribution is -0.134. The van der Waals surface area contributed by atoms with Gasteiger partial charge in [-0.2, -0.15) is 0 Å². The Balaban J connectivity index is 1.19. The van der Waals surface area contributed by atoms with Gasteiger partial charge in [-0.05, 0) is 36.4 Å². The molecule has 0 spiro atoms. The number of amides is 1. The van der Waals surface area contributed by atoms with E-state index in [9.17, 15) is 9.59 Å². The zero-order valence-corrected chi connectivity index (χ0v) is 19.1. The van der Waals surface area contributed by atoms with E-state index in [0.29, 0.717) is 53.4 Å². The lowest BCUT2D eigenvalue weighted by Gasteiger charge is -2.36. The lowest BCUT2D eigenvalue weighted by Crippen LogP contribution is -2.49. The SMILES string of the molecule is O=C(OCC(=O)N1CCN(c2cccc(Cl)c2)CC1)c1ccc2noc(-c3ccccc3)c2c1. The van der Waals surface area contributed by atoms with Crippen molar-refractivity contribution in [3.05, 3.63) is 83.4 Å². The highest BCUT2D eigenvalue weighted by molar-refractivity contribution is 6.30. The van der Waals surface area contributed by atoms with E-state index in [1.807, 2.05) is 54.6 Å². The smallest absolute Gasteiger partial charge is 0.338 e. The number of esters is 1. The number of hydrogen-bond donors (Lipinski definition) is 0. The predicted octanol–water partition coefficient (Wildman–Crippen LogP) is 4.65. The molecule has 3 aromatic carbocycles. The number of fused-ring (bicyclic) bond motifs is 1. The quantitative estimate of drug-likeness (QED) is 0.391. The summed E-state index contributed by atoms with van der Waals surface area (Å²) in [7, 11) is 0. The summed E-state index contributed by atoms with van der Waals surface area (Å²) in [5.41, 5.74) is 2.88. The number of ether oxygens (including phenoxy) is 1. The number of aromatic nitrogens is 1. The van der Waals surface area contributed by atoms with Crippen LogP contribution in [0.4, 0.5) is 5.69 Å². The van der Waals surface area contributed by atoms with Gasteiger partial charge in [-0.3, -0.25) is 4.79 Å². The van der Waals surface area contributed by atoms with E-state index >= 15 is 0 Å². The van der Waals surface area contributed by atoms with E-state index in [-0.39, 0.29) is 12.5 Å². The summed E-state index contributed by atoms with van der Waals surface area (Å²) in [6, 6.07) is 22.2. The van der Waals surface area contributed by atoms with E-state index in [2.05, 4.69) is 10.1 Å². The number of carbonyl (C=O) groups excluding carboxylic acids is 2. The van der Waals surface area contributed by atoms with Crippen molar-refractivity contribution in [2.75, 3.05) is 37.7 Å². The fraction of sp³-hybridized carbons (Fsp3) is 0.192. The van der Waals surface area contributed by atoms with Gasteiger partial charge in [0.15, 0.2) is 12.4 Å². The molecule has 1 fully saturated rings. The van der Waals surface area contributed by atoms with Crippen LogP contribution in [0.3, 0.4) is 0 Å². The van der Waals surface area contributed by atoms with Gasteiger partial charge in [0, 0.05) is 42.5 Å². The highest BCUT2D eigenvalue weighted by atomic mass is 35.5. The Morgan fingerprint density at radius 1 is 0.941 bits per heavy atom. The van der Waals surface area contributed by atoms with Crippen LogP contribution in [0.1, 0.15) is 10.4 Å². The average Bonchev–Trinajstić information content (AvgIpc) is 3.31. The van der Waals surface area contributed by atoms with Crippen LogP contribution < -0.4 is 4.90 Å². The second-order valence-electron chi connectivity index (χ2n) is 8.03. The average molecular weight is 476 g/mol. The monoisotopic (exact) mass is 475 g/mol. The van der Waals surface area contributed by atoms with Crippen LogP contribution >= 0.6 is 11.6 Å². The summed E-state index contributed by atoms with van der Waals surface area (Å²) in [5.74, 6) is -0.193. The zero-order valence-electron chi connectivity index (χ0n) is 18.3. The second kappa shape index (κ2) is 9.57. The number of anilines is 1. The third kappa shape index (κ3) is 4.61. The fourth-order valence-corrected chi connectivity index (χ4v) is 4.24. The van der Waals surface area contributed by atoms with E-state index in [4.69, 9.17) is 20.9 Å². The van der Waals surface area contributed by atoms with Crippen molar-refractivity contribution in [3.63, 3.8) is 0 Å². The first-order chi connectivity index (χ1) is 16.6. The molecule has 0 saturated carbocycles. The number of hydrogen-bond acceptors (Lipinski definition) is 6. The highest BCUT2D eigenvalue weighted by Crippen LogP contribution is 2.29. The summed E-state index contributed by atoms with van der Waals surface area (Å²) < 4.78 is 10.8. The van der Waals surface area contributed by atoms with Crippen LogP contribution in [0.5, 0.6) is 0 Å². The first-order valence-corrected chi connectivity index (χ1v) is 11.4. The molecule has 1 aliphatic heterocycles. The normalized spacial score (nSPS) is 13.8. The summed E-state index contributed by atoms with van der Waals surface area (Å²) in [5, 5.41) is 5.46. The molecule has 5 rings (SSSR count). The number of benzene rings is 3. The van der Waals surface area contributed by atoms with Crippen LogP contribution in [-0.4, -0.2) is 54.7 Å². The molecule has 0 atom stereocenters. The maximum Gasteiger partial charge on any atom is 0.338 e. The summed E-state index contributed by atoms with van der Waals surface area (Å²) in [4.78, 5) is 29.2. The molecule has 0 N–H and O–H groups in total. The van der Waals surface area contributed by atoms with E-state index in [1.54, 1.807) is 23.1 Å². The number of nitrogens with zero attached hydrogens (tertiary/aromatic N) is 3. The first kappa shape index (κ1) is 22.0. The molecular formula is C26H22ClN3O4. The molecule has 34 heavy (non-hydrogen) atoms.